The van der Waals surface area contributed by atoms with Crippen LogP contribution in [0.3, 0.4) is 0 Å². The van der Waals surface area contributed by atoms with E-state index in [2.05, 4.69) is 25.8 Å². The van der Waals surface area contributed by atoms with Gasteiger partial charge in [-0.2, -0.15) is 0 Å². The summed E-state index contributed by atoms with van der Waals surface area (Å²) in [6.45, 7) is 0. The molecular formula is C23H21N5O2S3. The molecule has 0 aliphatic rings. The van der Waals surface area contributed by atoms with Crippen LogP contribution in [-0.2, 0) is 10.5 Å². The van der Waals surface area contributed by atoms with Crippen molar-refractivity contribution in [3.63, 3.8) is 0 Å². The molecular weight excluding hydrogens is 474 g/mol. The second-order valence-electron chi connectivity index (χ2n) is 6.72. The van der Waals surface area contributed by atoms with Crippen LogP contribution in [0.15, 0.2) is 82.3 Å². The van der Waals surface area contributed by atoms with Gasteiger partial charge < -0.3 is 15.4 Å². The minimum absolute atomic E-state index is 0.0885. The van der Waals surface area contributed by atoms with Crippen LogP contribution in [0.4, 0.5) is 16.5 Å². The number of nitrogens with one attached hydrogen (secondary N) is 2. The Balaban J connectivity index is 1.24. The summed E-state index contributed by atoms with van der Waals surface area (Å²) in [5, 5.41) is 16.1. The summed E-state index contributed by atoms with van der Waals surface area (Å²) in [6.07, 6.45) is 1.78. The first kappa shape index (κ1) is 23.1. The predicted octanol–water partition coefficient (Wildman–Crippen LogP) is 5.71. The van der Waals surface area contributed by atoms with Crippen molar-refractivity contribution in [2.24, 2.45) is 0 Å². The standard InChI is InChI=1S/C23H21N5O2S3/c1-30-19-10-8-17(9-11-19)26-22-27-28-23(33-22)32-15-20(29)25-18-6-4-5-16(13-18)14-31-21-7-2-3-12-24-21/h2-13H,14-15H2,1H3,(H,25,29)(H,26,27). The van der Waals surface area contributed by atoms with E-state index >= 15 is 0 Å². The normalized spacial score (nSPS) is 10.6. The maximum Gasteiger partial charge on any atom is 0.234 e. The minimum Gasteiger partial charge on any atom is -0.497 e. The first-order valence-electron chi connectivity index (χ1n) is 9.98. The van der Waals surface area contributed by atoms with Gasteiger partial charge in [0.15, 0.2) is 4.34 Å². The van der Waals surface area contributed by atoms with Gasteiger partial charge >= 0.3 is 0 Å². The number of hydrogen-bond donors (Lipinski definition) is 2. The Hall–Kier alpha value is -3.08. The van der Waals surface area contributed by atoms with Crippen LogP contribution < -0.4 is 15.4 Å². The molecule has 0 aliphatic carbocycles. The van der Waals surface area contributed by atoms with Gasteiger partial charge in [0, 0.05) is 23.3 Å². The molecule has 0 bridgehead atoms. The van der Waals surface area contributed by atoms with E-state index in [0.717, 1.165) is 37.8 Å². The zero-order valence-corrected chi connectivity index (χ0v) is 20.2. The van der Waals surface area contributed by atoms with Crippen LogP contribution in [-0.4, -0.2) is 34.0 Å². The highest BCUT2D eigenvalue weighted by Gasteiger charge is 2.09. The van der Waals surface area contributed by atoms with Crippen molar-refractivity contribution in [1.29, 1.82) is 0 Å². The number of ether oxygens (including phenoxy) is 1. The Labute approximate surface area is 204 Å². The van der Waals surface area contributed by atoms with Gasteiger partial charge in [0.05, 0.1) is 17.9 Å². The third-order valence-electron chi connectivity index (χ3n) is 4.31. The summed E-state index contributed by atoms with van der Waals surface area (Å²) in [6, 6.07) is 21.3. The van der Waals surface area contributed by atoms with Crippen molar-refractivity contribution in [1.82, 2.24) is 15.2 Å². The van der Waals surface area contributed by atoms with Crippen LogP contribution in [0, 0.1) is 0 Å². The lowest BCUT2D eigenvalue weighted by atomic mass is 10.2. The van der Waals surface area contributed by atoms with Crippen molar-refractivity contribution in [2.75, 3.05) is 23.5 Å². The second kappa shape index (κ2) is 11.7. The molecule has 10 heteroatoms. The summed E-state index contributed by atoms with van der Waals surface area (Å²) in [4.78, 5) is 16.7. The number of benzene rings is 2. The number of hydrogen-bond acceptors (Lipinski definition) is 9. The van der Waals surface area contributed by atoms with Gasteiger partial charge in [-0.25, -0.2) is 4.98 Å². The summed E-state index contributed by atoms with van der Waals surface area (Å²) in [7, 11) is 1.63. The van der Waals surface area contributed by atoms with E-state index in [-0.39, 0.29) is 11.7 Å². The molecule has 0 saturated carbocycles. The fraction of sp³-hybridized carbons (Fsp3) is 0.130. The molecule has 33 heavy (non-hydrogen) atoms. The molecule has 2 aromatic carbocycles. The van der Waals surface area contributed by atoms with Gasteiger partial charge in [-0.3, -0.25) is 4.79 Å². The van der Waals surface area contributed by atoms with E-state index in [9.17, 15) is 4.79 Å². The fourth-order valence-electron chi connectivity index (χ4n) is 2.77. The highest BCUT2D eigenvalue weighted by molar-refractivity contribution is 8.01. The van der Waals surface area contributed by atoms with E-state index in [4.69, 9.17) is 4.74 Å². The van der Waals surface area contributed by atoms with Crippen LogP contribution in [0.5, 0.6) is 5.75 Å². The number of pyridine rings is 1. The lowest BCUT2D eigenvalue weighted by Gasteiger charge is -2.07. The van der Waals surface area contributed by atoms with Crippen molar-refractivity contribution in [3.8, 4) is 5.75 Å². The first-order valence-corrected chi connectivity index (χ1v) is 12.8. The lowest BCUT2D eigenvalue weighted by molar-refractivity contribution is -0.113. The molecule has 7 nitrogen and oxygen atoms in total. The highest BCUT2D eigenvalue weighted by atomic mass is 32.2. The average molecular weight is 496 g/mol. The summed E-state index contributed by atoms with van der Waals surface area (Å²) in [5.74, 6) is 1.74. The lowest BCUT2D eigenvalue weighted by Crippen LogP contribution is -2.14. The fourth-order valence-corrected chi connectivity index (χ4v) is 5.15. The molecule has 0 aliphatic heterocycles. The Morgan fingerprint density at radius 2 is 1.88 bits per heavy atom. The van der Waals surface area contributed by atoms with Gasteiger partial charge in [-0.05, 0) is 54.1 Å². The largest absolute Gasteiger partial charge is 0.497 e. The Morgan fingerprint density at radius 3 is 2.67 bits per heavy atom. The molecule has 0 unspecified atom stereocenters. The number of methoxy groups -OCH3 is 1. The van der Waals surface area contributed by atoms with Gasteiger partial charge in [0.2, 0.25) is 11.0 Å². The molecule has 0 fully saturated rings. The van der Waals surface area contributed by atoms with Crippen molar-refractivity contribution < 1.29 is 9.53 Å². The number of carbonyl (C=O) groups excluding carboxylic acids is 1. The zero-order chi connectivity index (χ0) is 22.9. The maximum atomic E-state index is 12.4. The Kier molecular flexibility index (Phi) is 8.18. The molecule has 0 spiro atoms. The molecule has 4 rings (SSSR count). The van der Waals surface area contributed by atoms with Crippen LogP contribution in [0.25, 0.3) is 0 Å². The number of thioether (sulfide) groups is 2. The number of carbonyl (C=O) groups is 1. The van der Waals surface area contributed by atoms with E-state index in [1.165, 1.54) is 23.1 Å². The SMILES string of the molecule is COc1ccc(Nc2nnc(SCC(=O)Nc3cccc(CSc4ccccn4)c3)s2)cc1. The number of rotatable bonds is 10. The van der Waals surface area contributed by atoms with Gasteiger partial charge in [0.25, 0.3) is 0 Å². The van der Waals surface area contributed by atoms with E-state index in [1.807, 2.05) is 66.7 Å². The molecule has 0 atom stereocenters. The smallest absolute Gasteiger partial charge is 0.234 e. The number of aromatic nitrogens is 3. The van der Waals surface area contributed by atoms with Crippen molar-refractivity contribution >= 4 is 57.3 Å². The van der Waals surface area contributed by atoms with E-state index in [1.54, 1.807) is 25.1 Å². The molecule has 2 heterocycles. The molecule has 1 amide bonds. The Morgan fingerprint density at radius 1 is 1.00 bits per heavy atom. The van der Waals surface area contributed by atoms with Gasteiger partial charge in [-0.1, -0.05) is 41.3 Å². The summed E-state index contributed by atoms with van der Waals surface area (Å²) < 4.78 is 5.88. The number of amides is 1. The van der Waals surface area contributed by atoms with Crippen LogP contribution in [0.2, 0.25) is 0 Å². The molecule has 4 aromatic rings. The van der Waals surface area contributed by atoms with E-state index < -0.39 is 0 Å². The minimum atomic E-state index is -0.0885. The van der Waals surface area contributed by atoms with E-state index in [0.29, 0.717) is 5.13 Å². The van der Waals surface area contributed by atoms with Crippen LogP contribution in [0.1, 0.15) is 5.56 Å². The molecule has 0 saturated heterocycles. The molecule has 2 aromatic heterocycles. The molecule has 168 valence electrons. The molecule has 0 radical (unpaired) electrons. The maximum absolute atomic E-state index is 12.4. The van der Waals surface area contributed by atoms with Crippen molar-refractivity contribution in [2.45, 2.75) is 15.1 Å². The quantitative estimate of drug-likeness (QED) is 0.271. The second-order valence-corrected chi connectivity index (χ2v) is 9.92. The average Bonchev–Trinajstić information content (AvgIpc) is 3.30. The topological polar surface area (TPSA) is 89.0 Å². The number of anilines is 3. The monoisotopic (exact) mass is 495 g/mol. The van der Waals surface area contributed by atoms with Gasteiger partial charge in [0.1, 0.15) is 5.75 Å². The molecule has 2 N–H and O–H groups in total. The Bertz CT molecular complexity index is 1190. The third kappa shape index (κ3) is 7.21. The van der Waals surface area contributed by atoms with Gasteiger partial charge in [-0.15, -0.1) is 22.0 Å². The zero-order valence-electron chi connectivity index (χ0n) is 17.7. The summed E-state index contributed by atoms with van der Waals surface area (Å²) >= 11 is 4.42. The highest BCUT2D eigenvalue weighted by Crippen LogP contribution is 2.28. The number of nitrogens with zero attached hydrogens (tertiary/aromatic N) is 3. The van der Waals surface area contributed by atoms with Crippen LogP contribution >= 0.6 is 34.9 Å². The first-order chi connectivity index (χ1) is 16.2. The van der Waals surface area contributed by atoms with Crippen molar-refractivity contribution in [3.05, 3.63) is 78.5 Å². The summed E-state index contributed by atoms with van der Waals surface area (Å²) in [5.41, 5.74) is 2.79. The predicted molar refractivity (Wildman–Crippen MR) is 136 cm³/mol. The third-order valence-corrected chi connectivity index (χ3v) is 7.30.